The quantitative estimate of drug-likeness (QED) is 0.783. The van der Waals surface area contributed by atoms with Gasteiger partial charge in [0.2, 0.25) is 0 Å². The number of carbonyl (C=O) groups excluding carboxylic acids is 1. The summed E-state index contributed by atoms with van der Waals surface area (Å²) in [6.07, 6.45) is 6.33. The molecule has 0 N–H and O–H groups in total. The van der Waals surface area contributed by atoms with Crippen LogP contribution in [0.1, 0.15) is 43.0 Å². The summed E-state index contributed by atoms with van der Waals surface area (Å²) in [5.74, 6) is 0.803. The normalized spacial score (nSPS) is 23.1. The number of ketones is 1. The topological polar surface area (TPSA) is 39.4 Å². The molecule has 1 aromatic carbocycles. The van der Waals surface area contributed by atoms with Gasteiger partial charge >= 0.3 is 0 Å². The second-order valence-corrected chi connectivity index (χ2v) is 5.76. The van der Waals surface area contributed by atoms with Crippen LogP contribution in [0.15, 0.2) is 34.9 Å². The fourth-order valence-electron chi connectivity index (χ4n) is 2.86. The van der Waals surface area contributed by atoms with E-state index in [0.29, 0.717) is 5.56 Å². The molecule has 0 atom stereocenters. The molecule has 3 rings (SSSR count). The van der Waals surface area contributed by atoms with Gasteiger partial charge in [0.15, 0.2) is 5.78 Å². The van der Waals surface area contributed by atoms with Crippen LogP contribution in [0, 0.1) is 5.92 Å². The molecule has 20 heavy (non-hydrogen) atoms. The lowest BCUT2D eigenvalue weighted by Gasteiger charge is -2.25. The number of ether oxygens (including phenoxy) is 1. The molecule has 3 nitrogen and oxygen atoms in total. The molecule has 1 fully saturated rings. The van der Waals surface area contributed by atoms with E-state index < -0.39 is 0 Å². The number of benzene rings is 1. The predicted molar refractivity (Wildman–Crippen MR) is 77.9 cm³/mol. The molecule has 1 aliphatic carbocycles. The zero-order valence-electron chi connectivity index (χ0n) is 11.8. The standard InChI is InChI=1S/C17H20O3/c1-12-6-8-13(9-7-12)19-11-16(18)15-10-20-17-5-3-2-4-14(15)17/h2-5,10,12-13H,6-9,11H2,1H3. The van der Waals surface area contributed by atoms with Gasteiger partial charge in [0.05, 0.1) is 11.7 Å². The molecule has 0 spiro atoms. The average Bonchev–Trinajstić information content (AvgIpc) is 2.90. The van der Waals surface area contributed by atoms with E-state index in [1.165, 1.54) is 12.8 Å². The van der Waals surface area contributed by atoms with E-state index in [1.807, 2.05) is 24.3 Å². The van der Waals surface area contributed by atoms with Crippen molar-refractivity contribution in [1.29, 1.82) is 0 Å². The van der Waals surface area contributed by atoms with Gasteiger partial charge in [-0.05, 0) is 37.7 Å². The van der Waals surface area contributed by atoms with Gasteiger partial charge in [-0.3, -0.25) is 4.79 Å². The van der Waals surface area contributed by atoms with E-state index in [9.17, 15) is 4.79 Å². The summed E-state index contributed by atoms with van der Waals surface area (Å²) in [5.41, 5.74) is 1.38. The van der Waals surface area contributed by atoms with E-state index in [0.717, 1.165) is 29.7 Å². The Kier molecular flexibility index (Phi) is 3.88. The van der Waals surface area contributed by atoms with Crippen molar-refractivity contribution in [1.82, 2.24) is 0 Å². The number of furan rings is 1. The van der Waals surface area contributed by atoms with Gasteiger partial charge in [0.25, 0.3) is 0 Å². The third-order valence-corrected chi connectivity index (χ3v) is 4.19. The van der Waals surface area contributed by atoms with Gasteiger partial charge in [-0.25, -0.2) is 0 Å². The number of Topliss-reactive ketones (excluding diaryl/α,β-unsaturated/α-hetero) is 1. The Hall–Kier alpha value is -1.61. The summed E-state index contributed by atoms with van der Waals surface area (Å²) in [6.45, 7) is 2.43. The van der Waals surface area contributed by atoms with Crippen LogP contribution in [0.5, 0.6) is 0 Å². The minimum Gasteiger partial charge on any atom is -0.464 e. The minimum atomic E-state index is 0.00794. The molecule has 1 aliphatic rings. The van der Waals surface area contributed by atoms with Crippen molar-refractivity contribution < 1.29 is 13.9 Å². The Morgan fingerprint density at radius 3 is 2.80 bits per heavy atom. The smallest absolute Gasteiger partial charge is 0.192 e. The first kappa shape index (κ1) is 13.4. The fraction of sp³-hybridized carbons (Fsp3) is 0.471. The first-order valence-corrected chi connectivity index (χ1v) is 7.35. The van der Waals surface area contributed by atoms with Crippen LogP contribution >= 0.6 is 0 Å². The second kappa shape index (κ2) is 5.80. The Morgan fingerprint density at radius 1 is 1.25 bits per heavy atom. The number of carbonyl (C=O) groups is 1. The molecule has 0 amide bonds. The van der Waals surface area contributed by atoms with Gasteiger partial charge in [-0.15, -0.1) is 0 Å². The van der Waals surface area contributed by atoms with Crippen LogP contribution in [0.3, 0.4) is 0 Å². The van der Waals surface area contributed by atoms with Crippen LogP contribution < -0.4 is 0 Å². The highest BCUT2D eigenvalue weighted by Gasteiger charge is 2.20. The molecule has 0 saturated heterocycles. The summed E-state index contributed by atoms with van der Waals surface area (Å²) >= 11 is 0. The first-order chi connectivity index (χ1) is 9.74. The summed E-state index contributed by atoms with van der Waals surface area (Å²) < 4.78 is 11.2. The van der Waals surface area contributed by atoms with Gasteiger partial charge in [0.1, 0.15) is 18.5 Å². The van der Waals surface area contributed by atoms with Crippen LogP contribution in [0.25, 0.3) is 11.0 Å². The molecule has 106 valence electrons. The van der Waals surface area contributed by atoms with Crippen LogP contribution in [-0.2, 0) is 4.74 Å². The van der Waals surface area contributed by atoms with Crippen molar-refractivity contribution >= 4 is 16.8 Å². The van der Waals surface area contributed by atoms with Gasteiger partial charge in [0, 0.05) is 5.39 Å². The zero-order valence-corrected chi connectivity index (χ0v) is 11.8. The third kappa shape index (κ3) is 2.78. The Balaban J connectivity index is 1.62. The fourth-order valence-corrected chi connectivity index (χ4v) is 2.86. The van der Waals surface area contributed by atoms with E-state index >= 15 is 0 Å². The third-order valence-electron chi connectivity index (χ3n) is 4.19. The number of hydrogen-bond acceptors (Lipinski definition) is 3. The van der Waals surface area contributed by atoms with Crippen molar-refractivity contribution in [2.24, 2.45) is 5.92 Å². The molecule has 3 heteroatoms. The van der Waals surface area contributed by atoms with E-state index in [-0.39, 0.29) is 18.5 Å². The summed E-state index contributed by atoms with van der Waals surface area (Å²) in [4.78, 5) is 12.2. The lowest BCUT2D eigenvalue weighted by Crippen LogP contribution is -2.23. The average molecular weight is 272 g/mol. The van der Waals surface area contributed by atoms with Crippen LogP contribution in [0.4, 0.5) is 0 Å². The van der Waals surface area contributed by atoms with Crippen molar-refractivity contribution in [3.05, 3.63) is 36.1 Å². The first-order valence-electron chi connectivity index (χ1n) is 7.35. The zero-order chi connectivity index (χ0) is 13.9. The lowest BCUT2D eigenvalue weighted by atomic mass is 9.89. The molecule has 2 aromatic rings. The SMILES string of the molecule is CC1CCC(OCC(=O)c2coc3ccccc23)CC1. The van der Waals surface area contributed by atoms with Crippen molar-refractivity contribution in [2.45, 2.75) is 38.7 Å². The monoisotopic (exact) mass is 272 g/mol. The van der Waals surface area contributed by atoms with Gasteiger partial charge in [-0.2, -0.15) is 0 Å². The molecule has 1 saturated carbocycles. The van der Waals surface area contributed by atoms with Crippen molar-refractivity contribution in [3.63, 3.8) is 0 Å². The number of para-hydroxylation sites is 1. The molecular formula is C17H20O3. The van der Waals surface area contributed by atoms with E-state index in [4.69, 9.17) is 9.15 Å². The number of rotatable bonds is 4. The maximum Gasteiger partial charge on any atom is 0.192 e. The molecule has 0 bridgehead atoms. The number of hydrogen-bond donors (Lipinski definition) is 0. The minimum absolute atomic E-state index is 0.00794. The second-order valence-electron chi connectivity index (χ2n) is 5.76. The molecular weight excluding hydrogens is 252 g/mol. The van der Waals surface area contributed by atoms with E-state index in [1.54, 1.807) is 6.26 Å². The molecule has 1 aromatic heterocycles. The number of fused-ring (bicyclic) bond motifs is 1. The van der Waals surface area contributed by atoms with E-state index in [2.05, 4.69) is 6.92 Å². The highest BCUT2D eigenvalue weighted by molar-refractivity contribution is 6.07. The largest absolute Gasteiger partial charge is 0.464 e. The highest BCUT2D eigenvalue weighted by Crippen LogP contribution is 2.26. The molecule has 1 heterocycles. The van der Waals surface area contributed by atoms with Crippen molar-refractivity contribution in [2.75, 3.05) is 6.61 Å². The van der Waals surface area contributed by atoms with Crippen molar-refractivity contribution in [3.8, 4) is 0 Å². The lowest BCUT2D eigenvalue weighted by molar-refractivity contribution is 0.0218. The predicted octanol–water partition coefficient (Wildman–Crippen LogP) is 4.21. The molecule has 0 aliphatic heterocycles. The summed E-state index contributed by atoms with van der Waals surface area (Å²) in [5, 5.41) is 0.873. The maximum atomic E-state index is 12.2. The molecule has 0 radical (unpaired) electrons. The maximum absolute atomic E-state index is 12.2. The molecule has 0 unspecified atom stereocenters. The highest BCUT2D eigenvalue weighted by atomic mass is 16.5. The Labute approximate surface area is 118 Å². The Morgan fingerprint density at radius 2 is 2.00 bits per heavy atom. The Bertz CT molecular complexity index is 591. The van der Waals surface area contributed by atoms with Crippen LogP contribution in [0.2, 0.25) is 0 Å². The van der Waals surface area contributed by atoms with Gasteiger partial charge in [-0.1, -0.05) is 25.1 Å². The summed E-state index contributed by atoms with van der Waals surface area (Å²) in [7, 11) is 0. The summed E-state index contributed by atoms with van der Waals surface area (Å²) in [6, 6.07) is 7.60. The van der Waals surface area contributed by atoms with Gasteiger partial charge < -0.3 is 9.15 Å². The van der Waals surface area contributed by atoms with Crippen LogP contribution in [-0.4, -0.2) is 18.5 Å².